The summed E-state index contributed by atoms with van der Waals surface area (Å²) in [6, 6.07) is 4.66. The van der Waals surface area contributed by atoms with Gasteiger partial charge >= 0.3 is 0 Å². The van der Waals surface area contributed by atoms with Crippen LogP contribution in [0, 0.1) is 6.92 Å². The van der Waals surface area contributed by atoms with Crippen molar-refractivity contribution in [3.63, 3.8) is 0 Å². The molecule has 1 aromatic heterocycles. The average molecular weight is 232 g/mol. The number of aryl methyl sites for hydroxylation is 1. The van der Waals surface area contributed by atoms with E-state index in [0.29, 0.717) is 16.7 Å². The zero-order chi connectivity index (χ0) is 10.3. The van der Waals surface area contributed by atoms with Gasteiger partial charge in [-0.15, -0.1) is 0 Å². The quantitative estimate of drug-likeness (QED) is 0.705. The summed E-state index contributed by atoms with van der Waals surface area (Å²) < 4.78 is 27.3. The monoisotopic (exact) mass is 231 g/mol. The van der Waals surface area contributed by atoms with Crippen molar-refractivity contribution in [2.24, 2.45) is 0 Å². The highest BCUT2D eigenvalue weighted by Gasteiger charge is 2.18. The van der Waals surface area contributed by atoms with Crippen LogP contribution in [0.2, 0.25) is 0 Å². The second kappa shape index (κ2) is 2.96. The lowest BCUT2D eigenvalue weighted by atomic mass is 10.2. The van der Waals surface area contributed by atoms with Crippen molar-refractivity contribution in [1.29, 1.82) is 0 Å². The molecule has 2 aromatic rings. The Labute approximate surface area is 84.9 Å². The lowest BCUT2D eigenvalue weighted by molar-refractivity contribution is 0.405. The van der Waals surface area contributed by atoms with E-state index in [4.69, 9.17) is 15.2 Å². The summed E-state index contributed by atoms with van der Waals surface area (Å²) in [5.41, 5.74) is 0.490. The van der Waals surface area contributed by atoms with Crippen LogP contribution in [0.5, 0.6) is 0 Å². The van der Waals surface area contributed by atoms with Crippen molar-refractivity contribution < 1.29 is 12.9 Å². The first-order valence-corrected chi connectivity index (χ1v) is 6.11. The predicted octanol–water partition coefficient (Wildman–Crippen LogP) is 2.06. The highest BCUT2D eigenvalue weighted by Crippen LogP contribution is 2.27. The van der Waals surface area contributed by atoms with Crippen molar-refractivity contribution in [3.05, 3.63) is 24.0 Å². The van der Waals surface area contributed by atoms with Crippen molar-refractivity contribution in [2.75, 3.05) is 0 Å². The lowest BCUT2D eigenvalue weighted by Gasteiger charge is -1.96. The summed E-state index contributed by atoms with van der Waals surface area (Å²) >= 11 is 0. The van der Waals surface area contributed by atoms with E-state index < -0.39 is 9.05 Å². The van der Waals surface area contributed by atoms with Gasteiger partial charge in [0.15, 0.2) is 0 Å². The van der Waals surface area contributed by atoms with Gasteiger partial charge in [-0.3, -0.25) is 0 Å². The summed E-state index contributed by atoms with van der Waals surface area (Å²) in [7, 11) is 1.52. The van der Waals surface area contributed by atoms with Crippen LogP contribution in [-0.2, 0) is 9.05 Å². The van der Waals surface area contributed by atoms with Gasteiger partial charge < -0.3 is 4.52 Å². The van der Waals surface area contributed by atoms with Gasteiger partial charge in [-0.1, -0.05) is 11.2 Å². The molecule has 4 nitrogen and oxygen atoms in total. The Balaban J connectivity index is 2.96. The van der Waals surface area contributed by atoms with E-state index in [2.05, 4.69) is 5.16 Å². The molecule has 0 aliphatic carbocycles. The molecule has 0 spiro atoms. The SMILES string of the molecule is Cc1onc2cccc(S(=O)(=O)Cl)c12. The van der Waals surface area contributed by atoms with Gasteiger partial charge in [-0.05, 0) is 19.1 Å². The minimum Gasteiger partial charge on any atom is -0.360 e. The van der Waals surface area contributed by atoms with E-state index in [-0.39, 0.29) is 4.90 Å². The van der Waals surface area contributed by atoms with Crippen LogP contribution in [0.4, 0.5) is 0 Å². The van der Waals surface area contributed by atoms with Gasteiger partial charge in [-0.2, -0.15) is 0 Å². The van der Waals surface area contributed by atoms with Gasteiger partial charge in [0.2, 0.25) is 0 Å². The second-order valence-corrected chi connectivity index (χ2v) is 5.36. The standard InChI is InChI=1S/C8H6ClNO3S/c1-5-8-6(10-13-5)3-2-4-7(8)14(9,11)12/h2-4H,1H3. The molecule has 0 N–H and O–H groups in total. The molecule has 0 atom stereocenters. The topological polar surface area (TPSA) is 60.2 Å². The summed E-state index contributed by atoms with van der Waals surface area (Å²) in [4.78, 5) is 0.0374. The third kappa shape index (κ3) is 1.38. The average Bonchev–Trinajstić information content (AvgIpc) is 2.46. The van der Waals surface area contributed by atoms with Crippen LogP contribution in [0.25, 0.3) is 10.9 Å². The van der Waals surface area contributed by atoms with Gasteiger partial charge in [0.1, 0.15) is 11.3 Å². The van der Waals surface area contributed by atoms with E-state index in [0.717, 1.165) is 0 Å². The number of nitrogens with zero attached hydrogens (tertiary/aromatic N) is 1. The first-order chi connectivity index (χ1) is 6.50. The number of halogens is 1. The van der Waals surface area contributed by atoms with Crippen molar-refractivity contribution in [3.8, 4) is 0 Å². The largest absolute Gasteiger partial charge is 0.360 e. The van der Waals surface area contributed by atoms with Crippen LogP contribution in [0.3, 0.4) is 0 Å². The summed E-state index contributed by atoms with van der Waals surface area (Å²) in [5, 5.41) is 4.14. The molecule has 74 valence electrons. The molecule has 0 saturated heterocycles. The van der Waals surface area contributed by atoms with Gasteiger partial charge in [0, 0.05) is 10.7 Å². The molecule has 0 aliphatic heterocycles. The molecule has 6 heteroatoms. The third-order valence-electron chi connectivity index (χ3n) is 1.90. The summed E-state index contributed by atoms with van der Waals surface area (Å²) in [5.74, 6) is 0.444. The number of hydrogen-bond acceptors (Lipinski definition) is 4. The number of benzene rings is 1. The predicted molar refractivity (Wildman–Crippen MR) is 51.8 cm³/mol. The third-order valence-corrected chi connectivity index (χ3v) is 3.26. The molecule has 0 saturated carbocycles. The zero-order valence-electron chi connectivity index (χ0n) is 7.19. The summed E-state index contributed by atoms with van der Waals surface area (Å²) in [6.45, 7) is 1.64. The number of aromatic nitrogens is 1. The minimum atomic E-state index is -3.75. The molecule has 14 heavy (non-hydrogen) atoms. The Hall–Kier alpha value is -1.07. The van der Waals surface area contributed by atoms with Crippen molar-refractivity contribution in [2.45, 2.75) is 11.8 Å². The molecule has 0 amide bonds. The molecule has 0 bridgehead atoms. The van der Waals surface area contributed by atoms with E-state index in [1.807, 2.05) is 0 Å². The lowest BCUT2D eigenvalue weighted by Crippen LogP contribution is -1.91. The number of rotatable bonds is 1. The normalized spacial score (nSPS) is 12.1. The van der Waals surface area contributed by atoms with E-state index in [1.165, 1.54) is 6.07 Å². The maximum atomic E-state index is 11.2. The highest BCUT2D eigenvalue weighted by atomic mass is 35.7. The van der Waals surface area contributed by atoms with Crippen LogP contribution in [-0.4, -0.2) is 13.6 Å². The van der Waals surface area contributed by atoms with Gasteiger partial charge in [-0.25, -0.2) is 8.42 Å². The van der Waals surface area contributed by atoms with E-state index in [9.17, 15) is 8.42 Å². The molecule has 0 aliphatic rings. The molecule has 1 heterocycles. The molecule has 0 radical (unpaired) electrons. The molecular formula is C8H6ClNO3S. The molecule has 2 rings (SSSR count). The Morgan fingerprint density at radius 2 is 2.14 bits per heavy atom. The molecular weight excluding hydrogens is 226 g/mol. The van der Waals surface area contributed by atoms with Crippen LogP contribution >= 0.6 is 10.7 Å². The Bertz CT molecular complexity index is 588. The zero-order valence-corrected chi connectivity index (χ0v) is 8.76. The second-order valence-electron chi connectivity index (χ2n) is 2.83. The fraction of sp³-hybridized carbons (Fsp3) is 0.125. The van der Waals surface area contributed by atoms with Crippen molar-refractivity contribution >= 4 is 30.6 Å². The smallest absolute Gasteiger partial charge is 0.262 e. The highest BCUT2D eigenvalue weighted by molar-refractivity contribution is 8.14. The Morgan fingerprint density at radius 1 is 1.43 bits per heavy atom. The molecule has 1 aromatic carbocycles. The Kier molecular flexibility index (Phi) is 2.01. The fourth-order valence-electron chi connectivity index (χ4n) is 1.32. The minimum absolute atomic E-state index is 0.0374. The molecule has 0 fully saturated rings. The van der Waals surface area contributed by atoms with Gasteiger partial charge in [0.25, 0.3) is 9.05 Å². The van der Waals surface area contributed by atoms with Crippen LogP contribution in [0.15, 0.2) is 27.6 Å². The van der Waals surface area contributed by atoms with Gasteiger partial charge in [0.05, 0.1) is 10.3 Å². The number of fused-ring (bicyclic) bond motifs is 1. The first kappa shape index (κ1) is 9.48. The molecule has 0 unspecified atom stereocenters. The van der Waals surface area contributed by atoms with E-state index in [1.54, 1.807) is 19.1 Å². The summed E-state index contributed by atoms with van der Waals surface area (Å²) in [6.07, 6.45) is 0. The maximum Gasteiger partial charge on any atom is 0.262 e. The first-order valence-electron chi connectivity index (χ1n) is 3.80. The number of hydrogen-bond donors (Lipinski definition) is 0. The van der Waals surface area contributed by atoms with Crippen molar-refractivity contribution in [1.82, 2.24) is 5.16 Å². The maximum absolute atomic E-state index is 11.2. The van der Waals surface area contributed by atoms with Crippen LogP contribution < -0.4 is 0 Å². The van der Waals surface area contributed by atoms with E-state index >= 15 is 0 Å². The fourth-order valence-corrected chi connectivity index (χ4v) is 2.43. The Morgan fingerprint density at radius 3 is 2.79 bits per heavy atom. The van der Waals surface area contributed by atoms with Crippen LogP contribution in [0.1, 0.15) is 5.76 Å².